The molecule has 0 bridgehead atoms. The molecule has 0 aliphatic carbocycles. The van der Waals surface area contributed by atoms with E-state index in [0.29, 0.717) is 0 Å². The number of amides is 2. The van der Waals surface area contributed by atoms with Gasteiger partial charge >= 0.3 is 0 Å². The molecule has 2 amide bonds. The predicted octanol–water partition coefficient (Wildman–Crippen LogP) is 0.696. The van der Waals surface area contributed by atoms with E-state index in [4.69, 9.17) is 5.26 Å². The zero-order chi connectivity index (χ0) is 16.5. The molecule has 2 N–H and O–H groups in total. The average Bonchev–Trinajstić information content (AvgIpc) is 2.51. The smallest absolute Gasteiger partial charge is 0.282 e. The standard InChI is InChI=1S/C13H14N4O4S/c1-22-8-10(13(19)15-7-6-14)16-12(18)9-4-2-3-5-11(9)17(20)21/h2-5,10H,7-8H2,1H3,(H,15,19)(H,16,18). The molecule has 1 rings (SSSR count). The topological polar surface area (TPSA) is 125 Å². The van der Waals surface area contributed by atoms with Crippen molar-refractivity contribution in [3.8, 4) is 6.07 Å². The maximum Gasteiger partial charge on any atom is 0.282 e. The number of benzene rings is 1. The fourth-order valence-corrected chi connectivity index (χ4v) is 2.23. The molecule has 1 aromatic rings. The number of nitro groups is 1. The Morgan fingerprint density at radius 2 is 2.14 bits per heavy atom. The number of nitrogens with zero attached hydrogens (tertiary/aromatic N) is 2. The molecule has 0 radical (unpaired) electrons. The molecule has 1 atom stereocenters. The predicted molar refractivity (Wildman–Crippen MR) is 81.4 cm³/mol. The highest BCUT2D eigenvalue weighted by atomic mass is 32.2. The van der Waals surface area contributed by atoms with Crippen LogP contribution in [0.5, 0.6) is 0 Å². The lowest BCUT2D eigenvalue weighted by molar-refractivity contribution is -0.385. The molecule has 0 aliphatic heterocycles. The highest BCUT2D eigenvalue weighted by Crippen LogP contribution is 2.17. The van der Waals surface area contributed by atoms with Gasteiger partial charge in [-0.3, -0.25) is 19.7 Å². The van der Waals surface area contributed by atoms with Gasteiger partial charge in [-0.2, -0.15) is 17.0 Å². The second-order valence-corrected chi connectivity index (χ2v) is 5.04. The molecular weight excluding hydrogens is 308 g/mol. The van der Waals surface area contributed by atoms with E-state index in [1.54, 1.807) is 12.3 Å². The van der Waals surface area contributed by atoms with Gasteiger partial charge in [0.25, 0.3) is 11.6 Å². The molecule has 0 saturated carbocycles. The summed E-state index contributed by atoms with van der Waals surface area (Å²) in [5.74, 6) is -0.940. The first-order valence-electron chi connectivity index (χ1n) is 6.19. The zero-order valence-electron chi connectivity index (χ0n) is 11.7. The van der Waals surface area contributed by atoms with Gasteiger partial charge in [0, 0.05) is 11.8 Å². The summed E-state index contributed by atoms with van der Waals surface area (Å²) in [5.41, 5.74) is -0.452. The van der Waals surface area contributed by atoms with E-state index in [-0.39, 0.29) is 23.5 Å². The minimum atomic E-state index is -0.879. The van der Waals surface area contributed by atoms with Crippen molar-refractivity contribution in [3.63, 3.8) is 0 Å². The Hall–Kier alpha value is -2.60. The van der Waals surface area contributed by atoms with Gasteiger partial charge in [0.1, 0.15) is 18.2 Å². The molecule has 0 saturated heterocycles. The van der Waals surface area contributed by atoms with Crippen LogP contribution in [0.1, 0.15) is 10.4 Å². The minimum absolute atomic E-state index is 0.119. The number of carbonyl (C=O) groups is 2. The van der Waals surface area contributed by atoms with Crippen molar-refractivity contribution in [3.05, 3.63) is 39.9 Å². The van der Waals surface area contributed by atoms with Crippen LogP contribution in [-0.4, -0.2) is 41.3 Å². The van der Waals surface area contributed by atoms with E-state index in [9.17, 15) is 19.7 Å². The van der Waals surface area contributed by atoms with Crippen molar-refractivity contribution in [1.82, 2.24) is 10.6 Å². The van der Waals surface area contributed by atoms with Gasteiger partial charge in [0.05, 0.1) is 11.0 Å². The molecule has 8 nitrogen and oxygen atoms in total. The minimum Gasteiger partial charge on any atom is -0.341 e. The lowest BCUT2D eigenvalue weighted by Gasteiger charge is -2.16. The number of thioether (sulfide) groups is 1. The normalized spacial score (nSPS) is 11.1. The maximum absolute atomic E-state index is 12.2. The third-order valence-electron chi connectivity index (χ3n) is 2.64. The summed E-state index contributed by atoms with van der Waals surface area (Å²) in [7, 11) is 0. The quantitative estimate of drug-likeness (QED) is 0.432. The van der Waals surface area contributed by atoms with Crippen molar-refractivity contribution in [2.75, 3.05) is 18.6 Å². The maximum atomic E-state index is 12.2. The van der Waals surface area contributed by atoms with Gasteiger partial charge in [0.15, 0.2) is 0 Å². The van der Waals surface area contributed by atoms with Crippen LogP contribution >= 0.6 is 11.8 Å². The summed E-state index contributed by atoms with van der Waals surface area (Å²) in [6.45, 7) is -0.176. The van der Waals surface area contributed by atoms with E-state index in [2.05, 4.69) is 10.6 Å². The Morgan fingerprint density at radius 3 is 2.73 bits per heavy atom. The molecule has 0 aliphatic rings. The van der Waals surface area contributed by atoms with Gasteiger partial charge in [-0.25, -0.2) is 0 Å². The Labute approximate surface area is 131 Å². The molecule has 0 aromatic heterocycles. The molecule has 9 heteroatoms. The number of carbonyl (C=O) groups excluding carboxylic acids is 2. The first-order chi connectivity index (χ1) is 10.5. The molecule has 0 heterocycles. The Balaban J connectivity index is 2.90. The van der Waals surface area contributed by atoms with Crippen LogP contribution in [0.15, 0.2) is 24.3 Å². The van der Waals surface area contributed by atoms with E-state index in [1.807, 2.05) is 0 Å². The molecule has 1 aromatic carbocycles. The summed E-state index contributed by atoms with van der Waals surface area (Å²) in [6.07, 6.45) is 1.75. The first kappa shape index (κ1) is 17.5. The fraction of sp³-hybridized carbons (Fsp3) is 0.308. The van der Waals surface area contributed by atoms with Crippen LogP contribution in [0.3, 0.4) is 0 Å². The van der Waals surface area contributed by atoms with Crippen LogP contribution < -0.4 is 10.6 Å². The van der Waals surface area contributed by atoms with Crippen molar-refractivity contribution in [2.24, 2.45) is 0 Å². The molecular formula is C13H14N4O4S. The van der Waals surface area contributed by atoms with E-state index in [1.165, 1.54) is 36.0 Å². The summed E-state index contributed by atoms with van der Waals surface area (Å²) < 4.78 is 0. The van der Waals surface area contributed by atoms with Gasteiger partial charge < -0.3 is 10.6 Å². The third-order valence-corrected chi connectivity index (χ3v) is 3.31. The van der Waals surface area contributed by atoms with Crippen LogP contribution in [0, 0.1) is 21.4 Å². The van der Waals surface area contributed by atoms with Crippen molar-refractivity contribution >= 4 is 29.3 Å². The molecule has 0 fully saturated rings. The van der Waals surface area contributed by atoms with Crippen molar-refractivity contribution in [1.29, 1.82) is 5.26 Å². The number of hydrogen-bond donors (Lipinski definition) is 2. The van der Waals surface area contributed by atoms with Crippen LogP contribution in [0.4, 0.5) is 5.69 Å². The van der Waals surface area contributed by atoms with Gasteiger partial charge in [-0.1, -0.05) is 12.1 Å². The zero-order valence-corrected chi connectivity index (χ0v) is 12.6. The Bertz CT molecular complexity index is 614. The Kier molecular flexibility index (Phi) is 6.85. The monoisotopic (exact) mass is 322 g/mol. The number of rotatable bonds is 7. The van der Waals surface area contributed by atoms with Gasteiger partial charge in [-0.05, 0) is 12.3 Å². The van der Waals surface area contributed by atoms with Crippen LogP contribution in [-0.2, 0) is 4.79 Å². The first-order valence-corrected chi connectivity index (χ1v) is 7.58. The van der Waals surface area contributed by atoms with Gasteiger partial charge in [-0.15, -0.1) is 0 Å². The third kappa shape index (κ3) is 4.75. The number of nitro benzene ring substituents is 1. The van der Waals surface area contributed by atoms with Gasteiger partial charge in [0.2, 0.25) is 5.91 Å². The largest absolute Gasteiger partial charge is 0.341 e. The number of nitriles is 1. The summed E-state index contributed by atoms with van der Waals surface area (Å²) in [4.78, 5) is 34.3. The number of hydrogen-bond acceptors (Lipinski definition) is 6. The summed E-state index contributed by atoms with van der Waals surface area (Å²) in [6, 6.07) is 6.37. The average molecular weight is 322 g/mol. The fourth-order valence-electron chi connectivity index (χ4n) is 1.66. The molecule has 116 valence electrons. The van der Waals surface area contributed by atoms with E-state index in [0.717, 1.165) is 0 Å². The van der Waals surface area contributed by atoms with Crippen molar-refractivity contribution in [2.45, 2.75) is 6.04 Å². The lowest BCUT2D eigenvalue weighted by Crippen LogP contribution is -2.48. The van der Waals surface area contributed by atoms with E-state index >= 15 is 0 Å². The second-order valence-electron chi connectivity index (χ2n) is 4.13. The number of para-hydroxylation sites is 1. The molecule has 22 heavy (non-hydrogen) atoms. The van der Waals surface area contributed by atoms with E-state index < -0.39 is 22.8 Å². The Morgan fingerprint density at radius 1 is 1.45 bits per heavy atom. The summed E-state index contributed by atoms with van der Waals surface area (Å²) >= 11 is 1.33. The SMILES string of the molecule is CSCC(NC(=O)c1ccccc1[N+](=O)[O-])C(=O)NCC#N. The van der Waals surface area contributed by atoms with Crippen molar-refractivity contribution < 1.29 is 14.5 Å². The second kappa shape index (κ2) is 8.63. The molecule has 0 spiro atoms. The lowest BCUT2D eigenvalue weighted by atomic mass is 10.1. The highest BCUT2D eigenvalue weighted by Gasteiger charge is 2.24. The highest BCUT2D eigenvalue weighted by molar-refractivity contribution is 7.98. The summed E-state index contributed by atoms with van der Waals surface area (Å²) in [5, 5.41) is 24.2. The number of nitrogens with one attached hydrogen (secondary N) is 2. The van der Waals surface area contributed by atoms with Crippen LogP contribution in [0.2, 0.25) is 0 Å². The van der Waals surface area contributed by atoms with Crippen LogP contribution in [0.25, 0.3) is 0 Å². The molecule has 1 unspecified atom stereocenters.